The number of nitrogens with zero attached hydrogens (tertiary/aromatic N) is 2. The van der Waals surface area contributed by atoms with Crippen LogP contribution in [0.25, 0.3) is 0 Å². The molecule has 5 nitrogen and oxygen atoms in total. The first-order valence-corrected chi connectivity index (χ1v) is 8.14. The highest BCUT2D eigenvalue weighted by Gasteiger charge is 2.27. The molecule has 0 saturated carbocycles. The molecule has 3 rings (SSSR count). The van der Waals surface area contributed by atoms with Crippen LogP contribution in [-0.4, -0.2) is 48.7 Å². The van der Waals surface area contributed by atoms with Gasteiger partial charge in [0.05, 0.1) is 24.3 Å². The van der Waals surface area contributed by atoms with E-state index in [1.165, 1.54) is 6.07 Å². The fraction of sp³-hybridized carbons (Fsp3) is 0.316. The standard InChI is InChI=1S/C19H22N2O3/c1-3-21-13-14(24-18-11-7-5-9-16(18)21)12-20(2)19(23)15-8-4-6-10-17(15)22/h4-11,14,22H,3,12-13H2,1-2H3/t14-/m0/s1. The molecule has 1 N–H and O–H groups in total. The van der Waals surface area contributed by atoms with E-state index in [-0.39, 0.29) is 17.8 Å². The molecule has 0 unspecified atom stereocenters. The third-order valence-corrected chi connectivity index (χ3v) is 4.26. The van der Waals surface area contributed by atoms with Crippen molar-refractivity contribution in [1.82, 2.24) is 4.90 Å². The third kappa shape index (κ3) is 3.15. The summed E-state index contributed by atoms with van der Waals surface area (Å²) in [4.78, 5) is 16.4. The van der Waals surface area contributed by atoms with E-state index in [0.717, 1.165) is 24.5 Å². The monoisotopic (exact) mass is 326 g/mol. The number of carbonyl (C=O) groups excluding carboxylic acids is 1. The van der Waals surface area contributed by atoms with E-state index in [1.54, 1.807) is 30.1 Å². The first-order valence-electron chi connectivity index (χ1n) is 8.14. The summed E-state index contributed by atoms with van der Waals surface area (Å²) < 4.78 is 6.05. The Morgan fingerprint density at radius 1 is 1.25 bits per heavy atom. The summed E-state index contributed by atoms with van der Waals surface area (Å²) in [5, 5.41) is 9.86. The van der Waals surface area contributed by atoms with Crippen molar-refractivity contribution in [1.29, 1.82) is 0 Å². The number of aromatic hydroxyl groups is 1. The van der Waals surface area contributed by atoms with E-state index < -0.39 is 0 Å². The number of likely N-dealkylation sites (N-methyl/N-ethyl adjacent to an activating group) is 2. The van der Waals surface area contributed by atoms with Gasteiger partial charge in [0.25, 0.3) is 5.91 Å². The van der Waals surface area contributed by atoms with Crippen molar-refractivity contribution < 1.29 is 14.6 Å². The van der Waals surface area contributed by atoms with Crippen molar-refractivity contribution in [3.63, 3.8) is 0 Å². The van der Waals surface area contributed by atoms with Gasteiger partial charge in [0.15, 0.2) is 0 Å². The minimum Gasteiger partial charge on any atom is -0.507 e. The number of hydrogen-bond acceptors (Lipinski definition) is 4. The summed E-state index contributed by atoms with van der Waals surface area (Å²) in [6.45, 7) is 4.17. The first-order chi connectivity index (χ1) is 11.6. The molecule has 0 bridgehead atoms. The van der Waals surface area contributed by atoms with Crippen molar-refractivity contribution in [3.05, 3.63) is 54.1 Å². The number of anilines is 1. The summed E-state index contributed by atoms with van der Waals surface area (Å²) in [5.41, 5.74) is 1.40. The van der Waals surface area contributed by atoms with Crippen LogP contribution in [-0.2, 0) is 0 Å². The zero-order valence-corrected chi connectivity index (χ0v) is 14.0. The van der Waals surface area contributed by atoms with E-state index >= 15 is 0 Å². The van der Waals surface area contributed by atoms with E-state index in [0.29, 0.717) is 12.1 Å². The van der Waals surface area contributed by atoms with Gasteiger partial charge in [-0.05, 0) is 31.2 Å². The molecule has 0 aromatic heterocycles. The highest BCUT2D eigenvalue weighted by Crippen LogP contribution is 2.33. The van der Waals surface area contributed by atoms with Gasteiger partial charge >= 0.3 is 0 Å². The topological polar surface area (TPSA) is 53.0 Å². The number of para-hydroxylation sites is 3. The molecule has 5 heteroatoms. The first kappa shape index (κ1) is 16.2. The van der Waals surface area contributed by atoms with Crippen LogP contribution in [0.15, 0.2) is 48.5 Å². The van der Waals surface area contributed by atoms with Crippen LogP contribution in [0.2, 0.25) is 0 Å². The summed E-state index contributed by atoms with van der Waals surface area (Å²) in [6, 6.07) is 14.5. The van der Waals surface area contributed by atoms with Crippen molar-refractivity contribution in [2.75, 3.05) is 31.6 Å². The van der Waals surface area contributed by atoms with E-state index in [4.69, 9.17) is 4.74 Å². The molecule has 126 valence electrons. The molecule has 1 amide bonds. The lowest BCUT2D eigenvalue weighted by molar-refractivity contribution is 0.0706. The predicted molar refractivity (Wildman–Crippen MR) is 93.8 cm³/mol. The van der Waals surface area contributed by atoms with Gasteiger partial charge in [0.1, 0.15) is 17.6 Å². The molecule has 0 fully saturated rings. The number of benzene rings is 2. The van der Waals surface area contributed by atoms with Crippen molar-refractivity contribution in [2.24, 2.45) is 0 Å². The molecule has 1 heterocycles. The number of rotatable bonds is 4. The molecular weight excluding hydrogens is 304 g/mol. The molecule has 0 aliphatic carbocycles. The Labute approximate surface area is 142 Å². The SMILES string of the molecule is CCN1C[C@H](CN(C)C(=O)c2ccccc2O)Oc2ccccc21. The fourth-order valence-corrected chi connectivity index (χ4v) is 3.02. The smallest absolute Gasteiger partial charge is 0.257 e. The Kier molecular flexibility index (Phi) is 4.60. The quantitative estimate of drug-likeness (QED) is 0.939. The van der Waals surface area contributed by atoms with Gasteiger partial charge in [-0.15, -0.1) is 0 Å². The number of phenols is 1. The lowest BCUT2D eigenvalue weighted by Gasteiger charge is -2.37. The number of phenolic OH excluding ortho intramolecular Hbond substituents is 1. The van der Waals surface area contributed by atoms with Crippen LogP contribution in [0.3, 0.4) is 0 Å². The average Bonchev–Trinajstić information content (AvgIpc) is 2.60. The van der Waals surface area contributed by atoms with Crippen LogP contribution in [0.1, 0.15) is 17.3 Å². The van der Waals surface area contributed by atoms with Gasteiger partial charge in [0.2, 0.25) is 0 Å². The molecule has 0 radical (unpaired) electrons. The largest absolute Gasteiger partial charge is 0.507 e. The molecule has 2 aromatic rings. The van der Waals surface area contributed by atoms with Gasteiger partial charge in [-0.3, -0.25) is 4.79 Å². The fourth-order valence-electron chi connectivity index (χ4n) is 3.02. The predicted octanol–water partition coefficient (Wildman–Crippen LogP) is 2.75. The zero-order chi connectivity index (χ0) is 17.1. The molecule has 24 heavy (non-hydrogen) atoms. The summed E-state index contributed by atoms with van der Waals surface area (Å²) in [7, 11) is 1.73. The number of carbonyl (C=O) groups is 1. The number of hydrogen-bond donors (Lipinski definition) is 1. The van der Waals surface area contributed by atoms with Gasteiger partial charge in [-0.1, -0.05) is 24.3 Å². The Hall–Kier alpha value is -2.69. The molecule has 0 spiro atoms. The normalized spacial score (nSPS) is 16.2. The van der Waals surface area contributed by atoms with Gasteiger partial charge in [-0.25, -0.2) is 0 Å². The Bertz CT molecular complexity index is 732. The maximum Gasteiger partial charge on any atom is 0.257 e. The number of amides is 1. The Balaban J connectivity index is 1.72. The van der Waals surface area contributed by atoms with E-state index in [2.05, 4.69) is 11.8 Å². The molecular formula is C19H22N2O3. The second-order valence-corrected chi connectivity index (χ2v) is 5.95. The average molecular weight is 326 g/mol. The minimum atomic E-state index is -0.210. The highest BCUT2D eigenvalue weighted by molar-refractivity contribution is 5.96. The summed E-state index contributed by atoms with van der Waals surface area (Å²) >= 11 is 0. The lowest BCUT2D eigenvalue weighted by Crippen LogP contribution is -2.46. The molecule has 1 aliphatic heterocycles. The molecule has 1 atom stereocenters. The Morgan fingerprint density at radius 2 is 1.96 bits per heavy atom. The molecule has 1 aliphatic rings. The van der Waals surface area contributed by atoms with E-state index in [1.807, 2.05) is 24.3 Å². The summed E-state index contributed by atoms with van der Waals surface area (Å²) in [5.74, 6) is 0.636. The van der Waals surface area contributed by atoms with Crippen LogP contribution in [0.5, 0.6) is 11.5 Å². The second kappa shape index (κ2) is 6.83. The van der Waals surface area contributed by atoms with Crippen LogP contribution < -0.4 is 9.64 Å². The third-order valence-electron chi connectivity index (χ3n) is 4.26. The van der Waals surface area contributed by atoms with E-state index in [9.17, 15) is 9.90 Å². The van der Waals surface area contributed by atoms with Gasteiger partial charge in [0, 0.05) is 13.6 Å². The van der Waals surface area contributed by atoms with Crippen molar-refractivity contribution >= 4 is 11.6 Å². The lowest BCUT2D eigenvalue weighted by atomic mass is 10.1. The van der Waals surface area contributed by atoms with Gasteiger partial charge in [-0.2, -0.15) is 0 Å². The second-order valence-electron chi connectivity index (χ2n) is 5.95. The van der Waals surface area contributed by atoms with Crippen LogP contribution in [0.4, 0.5) is 5.69 Å². The zero-order valence-electron chi connectivity index (χ0n) is 14.0. The minimum absolute atomic E-state index is 0.000516. The van der Waals surface area contributed by atoms with Gasteiger partial charge < -0.3 is 19.6 Å². The maximum atomic E-state index is 12.5. The number of ether oxygens (including phenoxy) is 1. The van der Waals surface area contributed by atoms with Crippen LogP contribution >= 0.6 is 0 Å². The maximum absolute atomic E-state index is 12.5. The molecule has 2 aromatic carbocycles. The highest BCUT2D eigenvalue weighted by atomic mass is 16.5. The van der Waals surface area contributed by atoms with Crippen molar-refractivity contribution in [3.8, 4) is 11.5 Å². The Morgan fingerprint density at radius 3 is 2.71 bits per heavy atom. The molecule has 0 saturated heterocycles. The van der Waals surface area contributed by atoms with Crippen LogP contribution in [0, 0.1) is 0 Å². The summed E-state index contributed by atoms with van der Waals surface area (Å²) in [6.07, 6.45) is -0.111. The van der Waals surface area contributed by atoms with Crippen molar-refractivity contribution in [2.45, 2.75) is 13.0 Å². The number of fused-ring (bicyclic) bond motifs is 1.